The molecule has 1 aromatic rings. The molecule has 1 rings (SSSR count). The number of nitrogens with one attached hydrogen (secondary N) is 1. The number of halogens is 2. The van der Waals surface area contributed by atoms with E-state index in [2.05, 4.69) is 37.2 Å². The van der Waals surface area contributed by atoms with Crippen molar-refractivity contribution in [3.8, 4) is 5.75 Å². The topological polar surface area (TPSA) is 72.5 Å². The van der Waals surface area contributed by atoms with Gasteiger partial charge in [0.2, 0.25) is 0 Å². The Morgan fingerprint density at radius 3 is 2.67 bits per heavy atom. The molecule has 1 amide bonds. The van der Waals surface area contributed by atoms with Crippen LogP contribution in [-0.4, -0.2) is 33.2 Å². The van der Waals surface area contributed by atoms with Gasteiger partial charge >= 0.3 is 0 Å². The minimum Gasteiger partial charge on any atom is -0.480 e. The van der Waals surface area contributed by atoms with Gasteiger partial charge in [-0.1, -0.05) is 22.0 Å². The maximum absolute atomic E-state index is 11.8. The molecular weight excluding hydrogens is 426 g/mol. The highest BCUT2D eigenvalue weighted by atomic mass is 79.9. The summed E-state index contributed by atoms with van der Waals surface area (Å²) < 4.78 is 28.9. The average Bonchev–Trinajstić information content (AvgIpc) is 2.36. The van der Waals surface area contributed by atoms with Gasteiger partial charge in [-0.25, -0.2) is 8.42 Å². The summed E-state index contributed by atoms with van der Waals surface area (Å²) in [5.41, 5.74) is 0. The summed E-state index contributed by atoms with van der Waals surface area (Å²) in [7, 11) is -3.17. The molecule has 0 unspecified atom stereocenters. The van der Waals surface area contributed by atoms with E-state index in [0.29, 0.717) is 5.75 Å². The molecule has 0 aliphatic carbocycles. The molecule has 0 saturated carbocycles. The smallest absolute Gasteiger partial charge is 0.261 e. The SMILES string of the molecule is C[C@@H](Oc1ccc(Br)cc1Br)C(=O)NC/C=C/S(C)(=O)=O. The summed E-state index contributed by atoms with van der Waals surface area (Å²) in [6, 6.07) is 5.36. The van der Waals surface area contributed by atoms with Crippen molar-refractivity contribution in [2.24, 2.45) is 0 Å². The lowest BCUT2D eigenvalue weighted by molar-refractivity contribution is -0.127. The van der Waals surface area contributed by atoms with Crippen molar-refractivity contribution in [3.63, 3.8) is 0 Å². The van der Waals surface area contributed by atoms with E-state index in [9.17, 15) is 13.2 Å². The van der Waals surface area contributed by atoms with Gasteiger partial charge in [0.25, 0.3) is 5.91 Å². The van der Waals surface area contributed by atoms with Crippen molar-refractivity contribution in [3.05, 3.63) is 38.6 Å². The van der Waals surface area contributed by atoms with Gasteiger partial charge in [0, 0.05) is 22.7 Å². The van der Waals surface area contributed by atoms with Gasteiger partial charge in [-0.2, -0.15) is 0 Å². The first-order valence-electron chi connectivity index (χ1n) is 5.95. The normalized spacial score (nSPS) is 13.1. The van der Waals surface area contributed by atoms with Gasteiger partial charge in [-0.05, 0) is 41.1 Å². The highest BCUT2D eigenvalue weighted by Crippen LogP contribution is 2.28. The quantitative estimate of drug-likeness (QED) is 0.737. The van der Waals surface area contributed by atoms with Crippen LogP contribution in [-0.2, 0) is 14.6 Å². The molecule has 0 spiro atoms. The molecule has 21 heavy (non-hydrogen) atoms. The van der Waals surface area contributed by atoms with E-state index in [1.54, 1.807) is 19.1 Å². The third-order valence-corrected chi connectivity index (χ3v) is 4.10. The van der Waals surface area contributed by atoms with Gasteiger partial charge in [0.15, 0.2) is 15.9 Å². The van der Waals surface area contributed by atoms with Crippen LogP contribution in [0.4, 0.5) is 0 Å². The molecule has 1 aromatic carbocycles. The Bertz CT molecular complexity index is 644. The monoisotopic (exact) mass is 439 g/mol. The number of hydrogen-bond donors (Lipinski definition) is 1. The Kier molecular flexibility index (Phi) is 6.89. The second-order valence-electron chi connectivity index (χ2n) is 4.28. The Morgan fingerprint density at radius 2 is 2.10 bits per heavy atom. The molecular formula is C13H15Br2NO4S. The Balaban J connectivity index is 2.53. The summed E-state index contributed by atoms with van der Waals surface area (Å²) in [5.74, 6) is 0.218. The molecule has 0 heterocycles. The van der Waals surface area contributed by atoms with Crippen LogP contribution < -0.4 is 10.1 Å². The number of carbonyl (C=O) groups excluding carboxylic acids is 1. The van der Waals surface area contributed by atoms with Crippen LogP contribution in [0.15, 0.2) is 38.6 Å². The molecule has 0 aliphatic rings. The van der Waals surface area contributed by atoms with Crippen molar-refractivity contribution < 1.29 is 17.9 Å². The first-order chi connectivity index (χ1) is 9.69. The fourth-order valence-corrected chi connectivity index (χ4v) is 2.93. The van der Waals surface area contributed by atoms with Crippen molar-refractivity contribution in [2.75, 3.05) is 12.8 Å². The van der Waals surface area contributed by atoms with Crippen LogP contribution in [0, 0.1) is 0 Å². The highest BCUT2D eigenvalue weighted by Gasteiger charge is 2.15. The highest BCUT2D eigenvalue weighted by molar-refractivity contribution is 9.11. The van der Waals surface area contributed by atoms with Crippen molar-refractivity contribution in [2.45, 2.75) is 13.0 Å². The lowest BCUT2D eigenvalue weighted by Gasteiger charge is -2.15. The molecule has 5 nitrogen and oxygen atoms in total. The second-order valence-corrected chi connectivity index (χ2v) is 7.98. The number of sulfone groups is 1. The van der Waals surface area contributed by atoms with Gasteiger partial charge in [0.05, 0.1) is 4.47 Å². The van der Waals surface area contributed by atoms with E-state index >= 15 is 0 Å². The number of hydrogen-bond acceptors (Lipinski definition) is 4. The zero-order valence-electron chi connectivity index (χ0n) is 11.5. The molecule has 1 N–H and O–H groups in total. The number of ether oxygens (including phenoxy) is 1. The van der Waals surface area contributed by atoms with Crippen LogP contribution in [0.25, 0.3) is 0 Å². The first kappa shape index (κ1) is 18.2. The third-order valence-electron chi connectivity index (χ3n) is 2.30. The Morgan fingerprint density at radius 1 is 1.43 bits per heavy atom. The number of amides is 1. The van der Waals surface area contributed by atoms with E-state index < -0.39 is 15.9 Å². The lowest BCUT2D eigenvalue weighted by atomic mass is 10.3. The molecule has 1 atom stereocenters. The number of benzene rings is 1. The second kappa shape index (κ2) is 7.95. The largest absolute Gasteiger partial charge is 0.480 e. The summed E-state index contributed by atoms with van der Waals surface area (Å²) in [6.07, 6.45) is 1.76. The standard InChI is InChI=1S/C13H15Br2NO4S/c1-9(13(17)16-6-3-7-21(2,18)19)20-12-5-4-10(14)8-11(12)15/h3-5,7-9H,6H2,1-2H3,(H,16,17)/b7-3+/t9-/m1/s1. The molecule has 0 aromatic heterocycles. The molecule has 0 saturated heterocycles. The molecule has 116 valence electrons. The minimum absolute atomic E-state index is 0.126. The van der Waals surface area contributed by atoms with E-state index in [4.69, 9.17) is 4.74 Å². The van der Waals surface area contributed by atoms with Crippen LogP contribution >= 0.6 is 31.9 Å². The van der Waals surface area contributed by atoms with Crippen LogP contribution in [0.2, 0.25) is 0 Å². The third kappa shape index (κ3) is 7.10. The summed E-state index contributed by atoms with van der Waals surface area (Å²) >= 11 is 6.67. The van der Waals surface area contributed by atoms with Crippen LogP contribution in [0.5, 0.6) is 5.75 Å². The number of carbonyl (C=O) groups is 1. The molecule has 0 radical (unpaired) electrons. The fraction of sp³-hybridized carbons (Fsp3) is 0.308. The predicted molar refractivity (Wildman–Crippen MR) is 88.9 cm³/mol. The van der Waals surface area contributed by atoms with Gasteiger partial charge < -0.3 is 10.1 Å². The average molecular weight is 441 g/mol. The molecule has 0 bridgehead atoms. The van der Waals surface area contributed by atoms with E-state index in [-0.39, 0.29) is 12.5 Å². The molecule has 0 fully saturated rings. The summed E-state index contributed by atoms with van der Waals surface area (Å²) in [5, 5.41) is 3.61. The lowest BCUT2D eigenvalue weighted by Crippen LogP contribution is -2.36. The van der Waals surface area contributed by atoms with Gasteiger partial charge in [-0.3, -0.25) is 4.79 Å². The maximum atomic E-state index is 11.8. The fourth-order valence-electron chi connectivity index (χ4n) is 1.34. The summed E-state index contributed by atoms with van der Waals surface area (Å²) in [4.78, 5) is 11.8. The van der Waals surface area contributed by atoms with Gasteiger partial charge in [-0.15, -0.1) is 0 Å². The maximum Gasteiger partial charge on any atom is 0.261 e. The predicted octanol–water partition coefficient (Wildman–Crippen LogP) is 2.65. The molecule has 8 heteroatoms. The van der Waals surface area contributed by atoms with E-state index in [1.807, 2.05) is 6.07 Å². The van der Waals surface area contributed by atoms with Crippen LogP contribution in [0.3, 0.4) is 0 Å². The van der Waals surface area contributed by atoms with Crippen molar-refractivity contribution in [1.82, 2.24) is 5.32 Å². The van der Waals surface area contributed by atoms with Crippen molar-refractivity contribution in [1.29, 1.82) is 0 Å². The van der Waals surface area contributed by atoms with E-state index in [1.165, 1.54) is 6.08 Å². The minimum atomic E-state index is -3.17. The van der Waals surface area contributed by atoms with E-state index in [0.717, 1.165) is 20.6 Å². The van der Waals surface area contributed by atoms with Crippen LogP contribution in [0.1, 0.15) is 6.92 Å². The van der Waals surface area contributed by atoms with Gasteiger partial charge in [0.1, 0.15) is 5.75 Å². The zero-order valence-corrected chi connectivity index (χ0v) is 15.5. The summed E-state index contributed by atoms with van der Waals surface area (Å²) in [6.45, 7) is 1.74. The van der Waals surface area contributed by atoms with Crippen molar-refractivity contribution >= 4 is 47.6 Å². The number of rotatable bonds is 6. The zero-order chi connectivity index (χ0) is 16.0. The Hall–Kier alpha value is -0.860. The first-order valence-corrected chi connectivity index (χ1v) is 9.49. The molecule has 0 aliphatic heterocycles. The Labute approximate surface area is 140 Å².